The van der Waals surface area contributed by atoms with E-state index in [9.17, 15) is 24.5 Å². The Labute approximate surface area is 196 Å². The molecule has 1 saturated heterocycles. The number of fused-ring (bicyclic) bond motifs is 2. The van der Waals surface area contributed by atoms with Crippen molar-refractivity contribution in [2.75, 3.05) is 37.6 Å². The third-order valence-electron chi connectivity index (χ3n) is 5.70. The number of benzene rings is 2. The molecule has 0 aliphatic carbocycles. The lowest BCUT2D eigenvalue weighted by atomic mass is 10.1. The number of thiazole rings is 1. The van der Waals surface area contributed by atoms with Crippen molar-refractivity contribution in [3.63, 3.8) is 0 Å². The zero-order chi connectivity index (χ0) is 23.3. The molecule has 3 aromatic rings. The summed E-state index contributed by atoms with van der Waals surface area (Å²) >= 11 is 7.58. The Morgan fingerprint density at radius 3 is 2.52 bits per heavy atom. The molecular formula is C21H16ClN5O5S. The van der Waals surface area contributed by atoms with Crippen molar-refractivity contribution in [2.45, 2.75) is 0 Å². The van der Waals surface area contributed by atoms with Gasteiger partial charge in [0.05, 0.1) is 26.3 Å². The van der Waals surface area contributed by atoms with Crippen molar-refractivity contribution in [2.24, 2.45) is 0 Å². The lowest BCUT2D eigenvalue weighted by molar-refractivity contribution is -0.384. The molecule has 0 saturated carbocycles. The van der Waals surface area contributed by atoms with Gasteiger partial charge in [0.25, 0.3) is 17.5 Å². The van der Waals surface area contributed by atoms with Crippen molar-refractivity contribution in [3.05, 3.63) is 62.7 Å². The number of imide groups is 1. The monoisotopic (exact) mass is 485 g/mol. The summed E-state index contributed by atoms with van der Waals surface area (Å²) in [6, 6.07) is 9.03. The van der Waals surface area contributed by atoms with E-state index in [2.05, 4.69) is 9.88 Å². The Morgan fingerprint density at radius 1 is 1.06 bits per heavy atom. The third kappa shape index (κ3) is 3.79. The lowest BCUT2D eigenvalue weighted by Crippen LogP contribution is -2.51. The molecule has 5 rings (SSSR count). The van der Waals surface area contributed by atoms with Crippen LogP contribution in [0.1, 0.15) is 20.7 Å². The van der Waals surface area contributed by atoms with Gasteiger partial charge in [0.15, 0.2) is 5.13 Å². The van der Waals surface area contributed by atoms with Crippen LogP contribution >= 0.6 is 22.9 Å². The topological polar surface area (TPSA) is 117 Å². The number of hydrogen-bond donors (Lipinski definition) is 0. The van der Waals surface area contributed by atoms with E-state index >= 15 is 0 Å². The van der Waals surface area contributed by atoms with Crippen LogP contribution in [0.4, 0.5) is 10.8 Å². The quantitative estimate of drug-likeness (QED) is 0.317. The molecule has 3 amide bonds. The Bertz CT molecular complexity index is 1330. The Hall–Kier alpha value is -3.57. The maximum atomic E-state index is 12.8. The third-order valence-corrected chi connectivity index (χ3v) is 7.01. The van der Waals surface area contributed by atoms with Crippen LogP contribution in [0.3, 0.4) is 0 Å². The van der Waals surface area contributed by atoms with Crippen LogP contribution in [-0.4, -0.2) is 70.2 Å². The van der Waals surface area contributed by atoms with Crippen LogP contribution in [0.25, 0.3) is 10.2 Å². The van der Waals surface area contributed by atoms with Crippen LogP contribution in [0, 0.1) is 10.1 Å². The summed E-state index contributed by atoms with van der Waals surface area (Å²) in [5, 5.41) is 12.5. The first-order valence-corrected chi connectivity index (χ1v) is 11.2. The first-order chi connectivity index (χ1) is 15.8. The SMILES string of the molecule is O=C(CN1C(=O)c2ccc([N+](=O)[O-])cc2C1=O)N1CCN(c2nc3ccc(Cl)cc3s2)CC1. The normalized spacial score (nSPS) is 16.0. The minimum atomic E-state index is -0.696. The van der Waals surface area contributed by atoms with Gasteiger partial charge < -0.3 is 9.80 Å². The molecule has 2 aromatic carbocycles. The van der Waals surface area contributed by atoms with Crippen LogP contribution in [0.2, 0.25) is 5.02 Å². The summed E-state index contributed by atoms with van der Waals surface area (Å²) in [6.07, 6.45) is 0. The minimum absolute atomic E-state index is 0.0530. The Balaban J connectivity index is 1.23. The van der Waals surface area contributed by atoms with Gasteiger partial charge in [-0.25, -0.2) is 4.98 Å². The molecule has 0 N–H and O–H groups in total. The molecule has 12 heteroatoms. The van der Waals surface area contributed by atoms with Gasteiger partial charge in [-0.3, -0.25) is 29.4 Å². The zero-order valence-corrected chi connectivity index (χ0v) is 18.6. The van der Waals surface area contributed by atoms with E-state index in [4.69, 9.17) is 11.6 Å². The molecule has 2 aliphatic heterocycles. The zero-order valence-electron chi connectivity index (χ0n) is 17.1. The van der Waals surface area contributed by atoms with Gasteiger partial charge in [0.1, 0.15) is 6.54 Å². The summed E-state index contributed by atoms with van der Waals surface area (Å²) in [4.78, 5) is 57.6. The van der Waals surface area contributed by atoms with Gasteiger partial charge in [-0.05, 0) is 24.3 Å². The molecule has 1 aromatic heterocycles. The number of nitro groups is 1. The number of carbonyl (C=O) groups excluding carboxylic acids is 3. The lowest BCUT2D eigenvalue weighted by Gasteiger charge is -2.35. The van der Waals surface area contributed by atoms with E-state index in [1.54, 1.807) is 11.0 Å². The molecule has 2 aliphatic rings. The van der Waals surface area contributed by atoms with Crippen LogP contribution < -0.4 is 4.90 Å². The van der Waals surface area contributed by atoms with E-state index in [-0.39, 0.29) is 22.7 Å². The highest BCUT2D eigenvalue weighted by molar-refractivity contribution is 7.22. The number of rotatable bonds is 4. The molecule has 3 heterocycles. The second kappa shape index (κ2) is 8.09. The number of carbonyl (C=O) groups is 3. The number of nitrogens with zero attached hydrogens (tertiary/aromatic N) is 5. The molecule has 33 heavy (non-hydrogen) atoms. The van der Waals surface area contributed by atoms with Crippen LogP contribution in [0.5, 0.6) is 0 Å². The molecule has 168 valence electrons. The van der Waals surface area contributed by atoms with E-state index in [1.165, 1.54) is 23.5 Å². The average molecular weight is 486 g/mol. The number of amides is 3. The maximum absolute atomic E-state index is 12.8. The minimum Gasteiger partial charge on any atom is -0.345 e. The summed E-state index contributed by atoms with van der Waals surface area (Å²) < 4.78 is 0.988. The Kier molecular flexibility index (Phi) is 5.22. The number of halogens is 1. The summed E-state index contributed by atoms with van der Waals surface area (Å²) in [6.45, 7) is 1.56. The van der Waals surface area contributed by atoms with Gasteiger partial charge in [0, 0.05) is 43.3 Å². The predicted octanol–water partition coefficient (Wildman–Crippen LogP) is 2.80. The van der Waals surface area contributed by atoms with Gasteiger partial charge in [-0.15, -0.1) is 0 Å². The second-order valence-corrected chi connectivity index (χ2v) is 9.11. The standard InChI is InChI=1S/C21H16ClN5O5S/c22-12-1-4-16-17(9-12)33-21(23-16)25-7-5-24(6-8-25)18(28)11-26-19(29)14-3-2-13(27(31)32)10-15(14)20(26)30/h1-4,9-10H,5-8,11H2. The van der Waals surface area contributed by atoms with Gasteiger partial charge in [-0.2, -0.15) is 0 Å². The molecule has 0 unspecified atom stereocenters. The van der Waals surface area contributed by atoms with E-state index in [0.717, 1.165) is 26.3 Å². The van der Waals surface area contributed by atoms with Crippen molar-refractivity contribution >= 4 is 61.7 Å². The maximum Gasteiger partial charge on any atom is 0.270 e. The van der Waals surface area contributed by atoms with Crippen LogP contribution in [0.15, 0.2) is 36.4 Å². The van der Waals surface area contributed by atoms with Gasteiger partial charge in [0.2, 0.25) is 5.91 Å². The summed E-state index contributed by atoms with van der Waals surface area (Å²) in [5.74, 6) is -1.67. The highest BCUT2D eigenvalue weighted by Crippen LogP contribution is 2.31. The summed E-state index contributed by atoms with van der Waals surface area (Å²) in [5.41, 5.74) is 0.599. The van der Waals surface area contributed by atoms with Crippen LogP contribution in [-0.2, 0) is 4.79 Å². The molecule has 0 spiro atoms. The van der Waals surface area contributed by atoms with Gasteiger partial charge in [-0.1, -0.05) is 22.9 Å². The number of piperazine rings is 1. The fraction of sp³-hybridized carbons (Fsp3) is 0.238. The molecule has 0 atom stereocenters. The molecule has 0 radical (unpaired) electrons. The second-order valence-electron chi connectivity index (χ2n) is 7.66. The molecular weight excluding hydrogens is 470 g/mol. The highest BCUT2D eigenvalue weighted by Gasteiger charge is 2.38. The van der Waals surface area contributed by atoms with E-state index in [0.29, 0.717) is 31.2 Å². The predicted molar refractivity (Wildman–Crippen MR) is 122 cm³/mol. The number of nitro benzene ring substituents is 1. The molecule has 0 bridgehead atoms. The first-order valence-electron chi connectivity index (χ1n) is 10.1. The van der Waals surface area contributed by atoms with E-state index < -0.39 is 23.3 Å². The van der Waals surface area contributed by atoms with Crippen molar-refractivity contribution in [1.82, 2.24) is 14.8 Å². The number of non-ortho nitro benzene ring substituents is 1. The van der Waals surface area contributed by atoms with Crippen molar-refractivity contribution < 1.29 is 19.3 Å². The Morgan fingerprint density at radius 2 is 1.79 bits per heavy atom. The van der Waals surface area contributed by atoms with Gasteiger partial charge >= 0.3 is 0 Å². The smallest absolute Gasteiger partial charge is 0.270 e. The number of anilines is 1. The van der Waals surface area contributed by atoms with E-state index in [1.807, 2.05) is 12.1 Å². The largest absolute Gasteiger partial charge is 0.345 e. The highest BCUT2D eigenvalue weighted by atomic mass is 35.5. The number of hydrogen-bond acceptors (Lipinski definition) is 8. The molecule has 1 fully saturated rings. The number of aromatic nitrogens is 1. The van der Waals surface area contributed by atoms with Crippen molar-refractivity contribution in [1.29, 1.82) is 0 Å². The molecule has 10 nitrogen and oxygen atoms in total. The fourth-order valence-electron chi connectivity index (χ4n) is 3.94. The van der Waals surface area contributed by atoms with Crippen molar-refractivity contribution in [3.8, 4) is 0 Å². The summed E-state index contributed by atoms with van der Waals surface area (Å²) in [7, 11) is 0. The first kappa shape index (κ1) is 21.3. The fourth-order valence-corrected chi connectivity index (χ4v) is 5.23. The average Bonchev–Trinajstić information content (AvgIpc) is 3.33.